The molecule has 0 aliphatic carbocycles. The summed E-state index contributed by atoms with van der Waals surface area (Å²) >= 11 is 1.25. The van der Waals surface area contributed by atoms with Crippen LogP contribution < -0.4 is 16.0 Å². The summed E-state index contributed by atoms with van der Waals surface area (Å²) in [5.41, 5.74) is 7.26. The topological polar surface area (TPSA) is 119 Å². The largest absolute Gasteiger partial charge is 0.461 e. The Bertz CT molecular complexity index is 1060. The number of benzene rings is 1. The Balaban J connectivity index is 1.36. The molecule has 0 spiro atoms. The molecule has 9 nitrogen and oxygen atoms in total. The third-order valence-corrected chi connectivity index (χ3v) is 6.46. The fourth-order valence-corrected chi connectivity index (χ4v) is 4.58. The predicted molar refractivity (Wildman–Crippen MR) is 128 cm³/mol. The van der Waals surface area contributed by atoms with Crippen molar-refractivity contribution < 1.29 is 14.0 Å². The summed E-state index contributed by atoms with van der Waals surface area (Å²) in [6.45, 7) is 2.47. The van der Waals surface area contributed by atoms with Crippen molar-refractivity contribution in [2.24, 2.45) is 5.73 Å². The first-order chi connectivity index (χ1) is 16.1. The second-order valence-corrected chi connectivity index (χ2v) is 8.88. The van der Waals surface area contributed by atoms with Crippen molar-refractivity contribution in [1.82, 2.24) is 14.8 Å². The number of rotatable bonds is 9. The molecule has 1 aliphatic rings. The van der Waals surface area contributed by atoms with E-state index >= 15 is 0 Å². The number of primary amides is 1. The Labute approximate surface area is 196 Å². The van der Waals surface area contributed by atoms with Crippen LogP contribution in [0.4, 0.5) is 11.4 Å². The van der Waals surface area contributed by atoms with Gasteiger partial charge in [-0.2, -0.15) is 0 Å². The lowest BCUT2D eigenvalue weighted by molar-refractivity contribution is -0.118. The number of thioether (sulfide) groups is 1. The summed E-state index contributed by atoms with van der Waals surface area (Å²) in [6.07, 6.45) is 6.71. The number of carbonyl (C=O) groups excluding carboxylic acids is 2. The number of furan rings is 1. The lowest BCUT2D eigenvalue weighted by atomic mass is 10.2. The van der Waals surface area contributed by atoms with Crippen molar-refractivity contribution in [3.63, 3.8) is 0 Å². The zero-order valence-corrected chi connectivity index (χ0v) is 19.2. The van der Waals surface area contributed by atoms with E-state index in [0.29, 0.717) is 23.3 Å². The van der Waals surface area contributed by atoms with Crippen LogP contribution in [0.5, 0.6) is 0 Å². The zero-order chi connectivity index (χ0) is 23.0. The van der Waals surface area contributed by atoms with Gasteiger partial charge in [0, 0.05) is 37.4 Å². The van der Waals surface area contributed by atoms with Crippen molar-refractivity contribution in [2.45, 2.75) is 43.8 Å². The van der Waals surface area contributed by atoms with Gasteiger partial charge in [0.15, 0.2) is 16.7 Å². The third-order valence-electron chi connectivity index (χ3n) is 5.49. The molecule has 0 unspecified atom stereocenters. The molecule has 174 valence electrons. The molecule has 33 heavy (non-hydrogen) atoms. The second kappa shape index (κ2) is 11.0. The van der Waals surface area contributed by atoms with E-state index in [2.05, 4.69) is 32.5 Å². The van der Waals surface area contributed by atoms with E-state index in [1.807, 2.05) is 12.1 Å². The van der Waals surface area contributed by atoms with Gasteiger partial charge in [0.05, 0.1) is 12.0 Å². The summed E-state index contributed by atoms with van der Waals surface area (Å²) < 4.78 is 7.16. The Morgan fingerprint density at radius 3 is 2.48 bits per heavy atom. The number of nitrogens with one attached hydrogen (secondary N) is 1. The van der Waals surface area contributed by atoms with Crippen LogP contribution in [-0.2, 0) is 16.1 Å². The average Bonchev–Trinajstić information content (AvgIpc) is 3.39. The van der Waals surface area contributed by atoms with Gasteiger partial charge in [0.25, 0.3) is 0 Å². The van der Waals surface area contributed by atoms with Gasteiger partial charge in [-0.25, -0.2) is 0 Å². The van der Waals surface area contributed by atoms with Gasteiger partial charge in [-0.05, 0) is 49.2 Å². The molecule has 3 heterocycles. The van der Waals surface area contributed by atoms with Gasteiger partial charge in [-0.15, -0.1) is 10.2 Å². The summed E-state index contributed by atoms with van der Waals surface area (Å²) in [4.78, 5) is 26.2. The van der Waals surface area contributed by atoms with E-state index in [4.69, 9.17) is 10.2 Å². The lowest BCUT2D eigenvalue weighted by Crippen LogP contribution is -2.23. The molecular formula is C23H28N6O3S. The summed E-state index contributed by atoms with van der Waals surface area (Å²) in [5.74, 6) is 0.611. The molecular weight excluding hydrogens is 440 g/mol. The highest BCUT2D eigenvalue weighted by Crippen LogP contribution is 2.25. The van der Waals surface area contributed by atoms with Gasteiger partial charge in [-0.1, -0.05) is 24.6 Å². The minimum Gasteiger partial charge on any atom is -0.461 e. The van der Waals surface area contributed by atoms with Crippen LogP contribution in [0.3, 0.4) is 0 Å². The van der Waals surface area contributed by atoms with E-state index in [1.54, 1.807) is 23.0 Å². The standard InChI is InChI=1S/C23H28N6O3S/c24-20(30)11-14-29-22(19-6-5-15-32-19)26-27-23(29)33-16-21(31)25-17-7-9-18(10-8-17)28-12-3-1-2-4-13-28/h5-10,15H,1-4,11-14,16H2,(H2,24,30)(H,25,31). The van der Waals surface area contributed by atoms with Crippen molar-refractivity contribution >= 4 is 35.0 Å². The number of amides is 2. The Hall–Kier alpha value is -3.27. The molecule has 1 fully saturated rings. The van der Waals surface area contributed by atoms with Crippen molar-refractivity contribution in [2.75, 3.05) is 29.1 Å². The molecule has 0 saturated carbocycles. The second-order valence-electron chi connectivity index (χ2n) is 7.94. The Morgan fingerprint density at radius 2 is 1.82 bits per heavy atom. The summed E-state index contributed by atoms with van der Waals surface area (Å²) in [5, 5.41) is 11.8. The highest BCUT2D eigenvalue weighted by molar-refractivity contribution is 7.99. The van der Waals surface area contributed by atoms with Gasteiger partial charge >= 0.3 is 0 Å². The molecule has 2 amide bonds. The monoisotopic (exact) mass is 468 g/mol. The van der Waals surface area contributed by atoms with Crippen LogP contribution >= 0.6 is 11.8 Å². The first-order valence-corrected chi connectivity index (χ1v) is 12.1. The van der Waals surface area contributed by atoms with Crippen molar-refractivity contribution in [1.29, 1.82) is 0 Å². The molecule has 10 heteroatoms. The molecule has 0 radical (unpaired) electrons. The SMILES string of the molecule is NC(=O)CCn1c(SCC(=O)Nc2ccc(N3CCCCCC3)cc2)nnc1-c1ccco1. The summed E-state index contributed by atoms with van der Waals surface area (Å²) in [7, 11) is 0. The molecule has 1 saturated heterocycles. The minimum atomic E-state index is -0.425. The number of nitrogens with two attached hydrogens (primary N) is 1. The zero-order valence-electron chi connectivity index (χ0n) is 18.4. The normalized spacial score (nSPS) is 14.1. The van der Waals surface area contributed by atoms with Gasteiger partial charge in [0.2, 0.25) is 11.8 Å². The fraction of sp³-hybridized carbons (Fsp3) is 0.391. The minimum absolute atomic E-state index is 0.134. The van der Waals surface area contributed by atoms with Crippen LogP contribution in [-0.4, -0.2) is 45.4 Å². The van der Waals surface area contributed by atoms with Gasteiger partial charge in [-0.3, -0.25) is 14.2 Å². The van der Waals surface area contributed by atoms with Crippen molar-refractivity contribution in [3.8, 4) is 11.6 Å². The van der Waals surface area contributed by atoms with E-state index in [-0.39, 0.29) is 18.1 Å². The van der Waals surface area contributed by atoms with Crippen molar-refractivity contribution in [3.05, 3.63) is 42.7 Å². The van der Waals surface area contributed by atoms with E-state index < -0.39 is 5.91 Å². The lowest BCUT2D eigenvalue weighted by Gasteiger charge is -2.22. The molecule has 1 aromatic carbocycles. The molecule has 4 rings (SSSR count). The average molecular weight is 469 g/mol. The molecule has 1 aliphatic heterocycles. The molecule has 3 N–H and O–H groups in total. The predicted octanol–water partition coefficient (Wildman–Crippen LogP) is 3.52. The Morgan fingerprint density at radius 1 is 1.06 bits per heavy atom. The Kier molecular flexibility index (Phi) is 7.66. The maximum Gasteiger partial charge on any atom is 0.234 e. The maximum absolute atomic E-state index is 12.5. The van der Waals surface area contributed by atoms with E-state index in [1.165, 1.54) is 43.1 Å². The number of nitrogens with zero attached hydrogens (tertiary/aromatic N) is 4. The molecule has 0 bridgehead atoms. The van der Waals surface area contributed by atoms with Gasteiger partial charge < -0.3 is 20.4 Å². The smallest absolute Gasteiger partial charge is 0.234 e. The first kappa shape index (κ1) is 22.9. The van der Waals surface area contributed by atoms with E-state index in [0.717, 1.165) is 18.8 Å². The third kappa shape index (κ3) is 6.16. The van der Waals surface area contributed by atoms with Crippen LogP contribution in [0.2, 0.25) is 0 Å². The summed E-state index contributed by atoms with van der Waals surface area (Å²) in [6, 6.07) is 11.5. The number of anilines is 2. The molecule has 0 atom stereocenters. The molecule has 2 aromatic heterocycles. The number of aromatic nitrogens is 3. The molecule has 3 aromatic rings. The fourth-order valence-electron chi connectivity index (χ4n) is 3.82. The number of hydrogen-bond acceptors (Lipinski definition) is 7. The van der Waals surface area contributed by atoms with Gasteiger partial charge in [0.1, 0.15) is 0 Å². The first-order valence-electron chi connectivity index (χ1n) is 11.1. The quantitative estimate of drug-likeness (QED) is 0.461. The maximum atomic E-state index is 12.5. The van der Waals surface area contributed by atoms with Crippen LogP contribution in [0, 0.1) is 0 Å². The highest BCUT2D eigenvalue weighted by atomic mass is 32.2. The van der Waals surface area contributed by atoms with Crippen LogP contribution in [0.25, 0.3) is 11.6 Å². The number of hydrogen-bond donors (Lipinski definition) is 2. The van der Waals surface area contributed by atoms with Crippen LogP contribution in [0.1, 0.15) is 32.1 Å². The van der Waals surface area contributed by atoms with Crippen LogP contribution in [0.15, 0.2) is 52.2 Å². The van der Waals surface area contributed by atoms with E-state index in [9.17, 15) is 9.59 Å². The highest BCUT2D eigenvalue weighted by Gasteiger charge is 2.18. The number of carbonyl (C=O) groups is 2.